The van der Waals surface area contributed by atoms with Crippen LogP contribution < -0.4 is 5.32 Å². The number of benzene rings is 1. The van der Waals surface area contributed by atoms with E-state index in [9.17, 15) is 9.59 Å². The number of hydrogen-bond acceptors (Lipinski definition) is 4. The van der Waals surface area contributed by atoms with Crippen molar-refractivity contribution in [3.8, 4) is 0 Å². The van der Waals surface area contributed by atoms with E-state index in [1.165, 1.54) is 0 Å². The second kappa shape index (κ2) is 8.02. The standard InChI is InChI=1S/C15H20BrNO4/c1-15(2,3)21-14(19)17-12(13(18)20-10-16)9-11-7-5-4-6-8-11/h4-8,12H,9-10H2,1-3H3,(H,17,19). The van der Waals surface area contributed by atoms with Gasteiger partial charge >= 0.3 is 12.1 Å². The molecular weight excluding hydrogens is 338 g/mol. The summed E-state index contributed by atoms with van der Waals surface area (Å²) in [6.07, 6.45) is -0.304. The van der Waals surface area contributed by atoms with Gasteiger partial charge in [-0.15, -0.1) is 0 Å². The maximum absolute atomic E-state index is 11.9. The van der Waals surface area contributed by atoms with E-state index in [1.807, 2.05) is 30.3 Å². The molecule has 0 heterocycles. The minimum atomic E-state index is -0.792. The highest BCUT2D eigenvalue weighted by atomic mass is 79.9. The molecule has 5 nitrogen and oxygen atoms in total. The first-order chi connectivity index (χ1) is 9.81. The number of rotatable bonds is 5. The Balaban J connectivity index is 2.73. The fourth-order valence-electron chi connectivity index (χ4n) is 1.65. The van der Waals surface area contributed by atoms with Gasteiger partial charge in [0.15, 0.2) is 0 Å². The summed E-state index contributed by atoms with van der Waals surface area (Å²) < 4.78 is 10.1. The molecule has 1 atom stereocenters. The molecular formula is C15H20BrNO4. The summed E-state index contributed by atoms with van der Waals surface area (Å²) >= 11 is 3.03. The number of alkyl halides is 1. The summed E-state index contributed by atoms with van der Waals surface area (Å²) in [7, 11) is 0. The molecule has 1 unspecified atom stereocenters. The van der Waals surface area contributed by atoms with Crippen molar-refractivity contribution in [3.05, 3.63) is 35.9 Å². The number of hydrogen-bond donors (Lipinski definition) is 1. The average Bonchev–Trinajstić information content (AvgIpc) is 2.37. The van der Waals surface area contributed by atoms with Gasteiger partial charge < -0.3 is 14.8 Å². The normalized spacial score (nSPS) is 12.4. The number of amides is 1. The fourth-order valence-corrected chi connectivity index (χ4v) is 1.87. The highest BCUT2D eigenvalue weighted by Gasteiger charge is 2.25. The third kappa shape index (κ3) is 7.13. The van der Waals surface area contributed by atoms with Crippen molar-refractivity contribution in [2.24, 2.45) is 0 Å². The zero-order chi connectivity index (χ0) is 15.9. The van der Waals surface area contributed by atoms with Crippen LogP contribution in [0.3, 0.4) is 0 Å². The highest BCUT2D eigenvalue weighted by Crippen LogP contribution is 2.09. The number of esters is 1. The fraction of sp³-hybridized carbons (Fsp3) is 0.467. The maximum Gasteiger partial charge on any atom is 0.408 e. The van der Waals surface area contributed by atoms with Gasteiger partial charge in [0, 0.05) is 6.42 Å². The number of halogens is 1. The molecule has 21 heavy (non-hydrogen) atoms. The SMILES string of the molecule is CC(C)(C)OC(=O)NC(Cc1ccccc1)C(=O)OCBr. The molecule has 1 N–H and O–H groups in total. The molecule has 0 bridgehead atoms. The van der Waals surface area contributed by atoms with E-state index in [-0.39, 0.29) is 5.52 Å². The molecule has 0 saturated carbocycles. The van der Waals surface area contributed by atoms with Crippen molar-refractivity contribution in [2.75, 3.05) is 5.52 Å². The van der Waals surface area contributed by atoms with Crippen LogP contribution in [-0.4, -0.2) is 29.2 Å². The lowest BCUT2D eigenvalue weighted by atomic mass is 10.1. The Morgan fingerprint density at radius 3 is 2.38 bits per heavy atom. The quantitative estimate of drug-likeness (QED) is 0.649. The van der Waals surface area contributed by atoms with Gasteiger partial charge in [0.2, 0.25) is 0 Å². The van der Waals surface area contributed by atoms with Crippen molar-refractivity contribution in [3.63, 3.8) is 0 Å². The Kier molecular flexibility index (Phi) is 6.68. The second-order valence-electron chi connectivity index (χ2n) is 5.46. The number of nitrogens with one attached hydrogen (secondary N) is 1. The summed E-state index contributed by atoms with van der Waals surface area (Å²) in [6.45, 7) is 5.28. The highest BCUT2D eigenvalue weighted by molar-refractivity contribution is 9.09. The predicted octanol–water partition coefficient (Wildman–Crippen LogP) is 3.02. The number of carbonyl (C=O) groups is 2. The van der Waals surface area contributed by atoms with E-state index in [0.29, 0.717) is 6.42 Å². The molecule has 0 aromatic heterocycles. The molecule has 0 saturated heterocycles. The van der Waals surface area contributed by atoms with Gasteiger partial charge in [0.25, 0.3) is 0 Å². The monoisotopic (exact) mass is 357 g/mol. The molecule has 0 spiro atoms. The lowest BCUT2D eigenvalue weighted by Gasteiger charge is -2.22. The maximum atomic E-state index is 11.9. The molecule has 0 radical (unpaired) electrons. The summed E-state index contributed by atoms with van der Waals surface area (Å²) in [6, 6.07) is 8.60. The molecule has 1 rings (SSSR count). The summed E-state index contributed by atoms with van der Waals surface area (Å²) in [5.41, 5.74) is 0.374. The van der Waals surface area contributed by atoms with Crippen LogP contribution in [0.1, 0.15) is 26.3 Å². The van der Waals surface area contributed by atoms with E-state index in [1.54, 1.807) is 20.8 Å². The van der Waals surface area contributed by atoms with E-state index < -0.39 is 23.7 Å². The van der Waals surface area contributed by atoms with E-state index in [4.69, 9.17) is 9.47 Å². The van der Waals surface area contributed by atoms with Crippen LogP contribution in [0.2, 0.25) is 0 Å². The van der Waals surface area contributed by atoms with E-state index >= 15 is 0 Å². The van der Waals surface area contributed by atoms with Crippen LogP contribution in [0.5, 0.6) is 0 Å². The van der Waals surface area contributed by atoms with Crippen LogP contribution in [0.4, 0.5) is 4.79 Å². The molecule has 0 fully saturated rings. The van der Waals surface area contributed by atoms with Gasteiger partial charge in [-0.2, -0.15) is 0 Å². The van der Waals surface area contributed by atoms with Gasteiger partial charge in [-0.05, 0) is 42.3 Å². The van der Waals surface area contributed by atoms with Gasteiger partial charge in [-0.1, -0.05) is 30.3 Å². The lowest BCUT2D eigenvalue weighted by Crippen LogP contribution is -2.45. The van der Waals surface area contributed by atoms with Crippen molar-refractivity contribution in [2.45, 2.75) is 38.8 Å². The molecule has 1 aromatic rings. The Morgan fingerprint density at radius 1 is 1.24 bits per heavy atom. The smallest absolute Gasteiger partial charge is 0.408 e. The van der Waals surface area contributed by atoms with Crippen LogP contribution in [0, 0.1) is 0 Å². The van der Waals surface area contributed by atoms with Crippen molar-refractivity contribution >= 4 is 28.0 Å². The lowest BCUT2D eigenvalue weighted by molar-refractivity contribution is -0.143. The van der Waals surface area contributed by atoms with Crippen molar-refractivity contribution in [1.29, 1.82) is 0 Å². The Bertz CT molecular complexity index is 470. The van der Waals surface area contributed by atoms with Gasteiger partial charge in [0.05, 0.1) is 0 Å². The summed E-state index contributed by atoms with van der Waals surface area (Å²) in [5, 5.41) is 2.55. The zero-order valence-corrected chi connectivity index (χ0v) is 14.0. The van der Waals surface area contributed by atoms with E-state index in [2.05, 4.69) is 21.2 Å². The zero-order valence-electron chi connectivity index (χ0n) is 12.4. The molecule has 0 aliphatic rings. The first-order valence-electron chi connectivity index (χ1n) is 6.58. The molecule has 116 valence electrons. The number of ether oxygens (including phenoxy) is 2. The van der Waals surface area contributed by atoms with Crippen LogP contribution >= 0.6 is 15.9 Å². The number of carbonyl (C=O) groups excluding carboxylic acids is 2. The van der Waals surface area contributed by atoms with Gasteiger partial charge in [-0.3, -0.25) is 0 Å². The van der Waals surface area contributed by atoms with Crippen LogP contribution in [-0.2, 0) is 20.7 Å². The van der Waals surface area contributed by atoms with Gasteiger partial charge in [-0.25, -0.2) is 9.59 Å². The predicted molar refractivity (Wildman–Crippen MR) is 83.2 cm³/mol. The Labute approximate surface area is 133 Å². The molecule has 0 aliphatic heterocycles. The minimum Gasteiger partial charge on any atom is -0.453 e. The largest absolute Gasteiger partial charge is 0.453 e. The Hall–Kier alpha value is -1.56. The third-order valence-electron chi connectivity index (χ3n) is 2.45. The van der Waals surface area contributed by atoms with Gasteiger partial charge in [0.1, 0.15) is 17.2 Å². The first-order valence-corrected chi connectivity index (χ1v) is 7.70. The molecule has 0 aliphatic carbocycles. The van der Waals surface area contributed by atoms with Crippen LogP contribution in [0.15, 0.2) is 30.3 Å². The van der Waals surface area contributed by atoms with Crippen molar-refractivity contribution < 1.29 is 19.1 Å². The third-order valence-corrected chi connectivity index (χ3v) is 2.68. The summed E-state index contributed by atoms with van der Waals surface area (Å²) in [5.74, 6) is -0.512. The molecule has 1 amide bonds. The number of alkyl carbamates (subject to hydrolysis) is 1. The second-order valence-corrected chi connectivity index (χ2v) is 5.92. The topological polar surface area (TPSA) is 64.6 Å². The van der Waals surface area contributed by atoms with Crippen molar-refractivity contribution in [1.82, 2.24) is 5.32 Å². The van der Waals surface area contributed by atoms with Crippen LogP contribution in [0.25, 0.3) is 0 Å². The Morgan fingerprint density at radius 2 is 1.86 bits per heavy atom. The first kappa shape index (κ1) is 17.5. The average molecular weight is 358 g/mol. The molecule has 6 heteroatoms. The summed E-state index contributed by atoms with van der Waals surface area (Å²) in [4.78, 5) is 23.7. The minimum absolute atomic E-state index is 0.0765. The molecule has 1 aromatic carbocycles. The van der Waals surface area contributed by atoms with E-state index in [0.717, 1.165) is 5.56 Å².